The molecular formula is C30H22F3NO3. The van der Waals surface area contributed by atoms with Gasteiger partial charge in [0.1, 0.15) is 0 Å². The number of imide groups is 1. The van der Waals surface area contributed by atoms with Crippen LogP contribution in [0.25, 0.3) is 11.1 Å². The number of ketones is 1. The van der Waals surface area contributed by atoms with Gasteiger partial charge in [-0.1, -0.05) is 66.7 Å². The first-order valence-electron chi connectivity index (χ1n) is 12.0. The van der Waals surface area contributed by atoms with E-state index in [-0.39, 0.29) is 11.5 Å². The Morgan fingerprint density at radius 3 is 1.57 bits per heavy atom. The minimum absolute atomic E-state index is 0.138. The minimum Gasteiger partial charge on any atom is -0.298 e. The fourth-order valence-electron chi connectivity index (χ4n) is 6.89. The zero-order valence-electron chi connectivity index (χ0n) is 20.0. The van der Waals surface area contributed by atoms with Gasteiger partial charge in [0.15, 0.2) is 5.78 Å². The van der Waals surface area contributed by atoms with Crippen LogP contribution < -0.4 is 4.90 Å². The fraction of sp³-hybridized carbons (Fsp3) is 0.233. The highest BCUT2D eigenvalue weighted by Crippen LogP contribution is 2.73. The van der Waals surface area contributed by atoms with Crippen molar-refractivity contribution in [2.24, 2.45) is 22.7 Å². The molecule has 3 aromatic carbocycles. The van der Waals surface area contributed by atoms with E-state index in [1.165, 1.54) is 12.1 Å². The van der Waals surface area contributed by atoms with Crippen LogP contribution in [0.4, 0.5) is 18.9 Å². The SMILES string of the molecule is C[C@@]12C(=O)[C@@](C)(C(c3ccccc3)=C1c1ccccc1)[C@H]1C(=O)N(c3cccc(C(F)(F)F)c3)C(=O)[C@H]12. The van der Waals surface area contributed by atoms with Gasteiger partial charge in [-0.25, -0.2) is 4.90 Å². The second-order valence-corrected chi connectivity index (χ2v) is 10.2. The highest BCUT2D eigenvalue weighted by molar-refractivity contribution is 6.34. The maximum atomic E-state index is 14.2. The maximum absolute atomic E-state index is 14.2. The largest absolute Gasteiger partial charge is 0.416 e. The van der Waals surface area contributed by atoms with Crippen LogP contribution in [-0.4, -0.2) is 17.6 Å². The number of amides is 2. The number of Topliss-reactive ketones (excluding diaryl/α,β-unsaturated/α-hetero) is 1. The summed E-state index contributed by atoms with van der Waals surface area (Å²) in [4.78, 5) is 42.9. The van der Waals surface area contributed by atoms with E-state index in [0.29, 0.717) is 11.1 Å². The molecule has 1 saturated heterocycles. The number of hydrogen-bond acceptors (Lipinski definition) is 3. The van der Waals surface area contributed by atoms with E-state index in [4.69, 9.17) is 0 Å². The van der Waals surface area contributed by atoms with E-state index in [1.807, 2.05) is 60.7 Å². The normalized spacial score (nSPS) is 28.9. The summed E-state index contributed by atoms with van der Waals surface area (Å²) in [7, 11) is 0. The summed E-state index contributed by atoms with van der Waals surface area (Å²) in [5.74, 6) is -3.54. The molecule has 1 aliphatic heterocycles. The molecule has 7 heteroatoms. The van der Waals surface area contributed by atoms with Gasteiger partial charge in [0.2, 0.25) is 11.8 Å². The lowest BCUT2D eigenvalue weighted by Gasteiger charge is -2.35. The molecule has 2 fully saturated rings. The minimum atomic E-state index is -4.63. The Morgan fingerprint density at radius 2 is 1.14 bits per heavy atom. The van der Waals surface area contributed by atoms with Crippen LogP contribution in [0, 0.1) is 22.7 Å². The first-order valence-corrected chi connectivity index (χ1v) is 12.0. The molecule has 0 spiro atoms. The molecular weight excluding hydrogens is 479 g/mol. The van der Waals surface area contributed by atoms with Crippen molar-refractivity contribution in [3.63, 3.8) is 0 Å². The summed E-state index contributed by atoms with van der Waals surface area (Å²) in [5.41, 5.74) is -0.799. The molecule has 0 radical (unpaired) electrons. The number of fused-ring (bicyclic) bond motifs is 5. The average Bonchev–Trinajstić information content (AvgIpc) is 3.34. The third kappa shape index (κ3) is 2.88. The van der Waals surface area contributed by atoms with Crippen molar-refractivity contribution in [3.05, 3.63) is 102 Å². The monoisotopic (exact) mass is 501 g/mol. The summed E-state index contributed by atoms with van der Waals surface area (Å²) < 4.78 is 40.3. The number of halogens is 3. The van der Waals surface area contributed by atoms with Crippen molar-refractivity contribution in [2.75, 3.05) is 4.90 Å². The Labute approximate surface area is 211 Å². The summed E-state index contributed by atoms with van der Waals surface area (Å²) in [6.45, 7) is 3.41. The van der Waals surface area contributed by atoms with Gasteiger partial charge < -0.3 is 0 Å². The van der Waals surface area contributed by atoms with Crippen LogP contribution in [0.2, 0.25) is 0 Å². The zero-order valence-corrected chi connectivity index (χ0v) is 20.0. The standard InChI is InChI=1S/C30H22F3NO3/c1-28-21(17-10-5-3-6-11-17)22(18-12-7-4-8-13-18)29(2,27(28)37)24-23(28)25(35)34(26(24)36)20-15-9-14-19(16-20)30(31,32)33/h3-16,23-24H,1-2H3/t23-,24+,28+,29-. The number of carbonyl (C=O) groups is 3. The number of rotatable bonds is 3. The molecule has 2 bridgehead atoms. The van der Waals surface area contributed by atoms with Crippen molar-refractivity contribution < 1.29 is 27.6 Å². The van der Waals surface area contributed by atoms with E-state index < -0.39 is 46.2 Å². The van der Waals surface area contributed by atoms with E-state index >= 15 is 0 Å². The van der Waals surface area contributed by atoms with Gasteiger partial charge in [-0.2, -0.15) is 13.2 Å². The Hall–Kier alpha value is -4.00. The number of hydrogen-bond donors (Lipinski definition) is 0. The first kappa shape index (κ1) is 23.4. The summed E-state index contributed by atoms with van der Waals surface area (Å²) in [6.07, 6.45) is -4.63. The van der Waals surface area contributed by atoms with Crippen LogP contribution in [0.5, 0.6) is 0 Å². The number of carbonyl (C=O) groups excluding carboxylic acids is 3. The first-order chi connectivity index (χ1) is 17.5. The second-order valence-electron chi connectivity index (χ2n) is 10.2. The maximum Gasteiger partial charge on any atom is 0.416 e. The van der Waals surface area contributed by atoms with Crippen LogP contribution in [0.3, 0.4) is 0 Å². The third-order valence-corrected chi connectivity index (χ3v) is 8.34. The summed E-state index contributed by atoms with van der Waals surface area (Å²) in [5, 5.41) is 0. The zero-order chi connectivity index (χ0) is 26.3. The molecule has 186 valence electrons. The van der Waals surface area contributed by atoms with Crippen LogP contribution in [0.1, 0.15) is 30.5 Å². The lowest BCUT2D eigenvalue weighted by molar-refractivity contribution is -0.137. The number of nitrogens with zero attached hydrogens (tertiary/aromatic N) is 1. The fourth-order valence-corrected chi connectivity index (χ4v) is 6.89. The molecule has 4 atom stereocenters. The number of alkyl halides is 3. The Kier molecular flexibility index (Phi) is 4.75. The quantitative estimate of drug-likeness (QED) is 0.412. The molecule has 2 aliphatic carbocycles. The molecule has 0 N–H and O–H groups in total. The second kappa shape index (κ2) is 7.51. The number of allylic oxidation sites excluding steroid dienone is 2. The highest BCUT2D eigenvalue weighted by Gasteiger charge is 2.78. The predicted molar refractivity (Wildman–Crippen MR) is 132 cm³/mol. The van der Waals surface area contributed by atoms with Crippen molar-refractivity contribution in [3.8, 4) is 0 Å². The third-order valence-electron chi connectivity index (χ3n) is 8.34. The molecule has 0 unspecified atom stereocenters. The van der Waals surface area contributed by atoms with Crippen molar-refractivity contribution in [1.82, 2.24) is 0 Å². The number of benzene rings is 3. The van der Waals surface area contributed by atoms with Crippen LogP contribution in [0.15, 0.2) is 84.9 Å². The Bertz CT molecular complexity index is 1430. The Morgan fingerprint density at radius 1 is 0.676 bits per heavy atom. The van der Waals surface area contributed by atoms with Crippen LogP contribution in [-0.2, 0) is 20.6 Å². The topological polar surface area (TPSA) is 54.5 Å². The van der Waals surface area contributed by atoms with Gasteiger partial charge in [0.05, 0.1) is 33.9 Å². The van der Waals surface area contributed by atoms with Gasteiger partial charge in [0, 0.05) is 0 Å². The van der Waals surface area contributed by atoms with E-state index in [1.54, 1.807) is 13.8 Å². The molecule has 4 nitrogen and oxygen atoms in total. The molecule has 3 aliphatic rings. The Balaban J connectivity index is 1.58. The highest BCUT2D eigenvalue weighted by atomic mass is 19.4. The summed E-state index contributed by atoms with van der Waals surface area (Å²) >= 11 is 0. The molecule has 0 aromatic heterocycles. The van der Waals surface area contributed by atoms with Gasteiger partial charge in [-0.15, -0.1) is 0 Å². The predicted octanol–water partition coefficient (Wildman–Crippen LogP) is 6.03. The molecule has 1 saturated carbocycles. The lowest BCUT2D eigenvalue weighted by Crippen LogP contribution is -2.40. The van der Waals surface area contributed by atoms with Crippen molar-refractivity contribution >= 4 is 34.4 Å². The van der Waals surface area contributed by atoms with Gasteiger partial charge in [0.25, 0.3) is 0 Å². The van der Waals surface area contributed by atoms with Gasteiger partial charge in [-0.3, -0.25) is 14.4 Å². The average molecular weight is 502 g/mol. The molecule has 37 heavy (non-hydrogen) atoms. The van der Waals surface area contributed by atoms with E-state index in [0.717, 1.165) is 28.2 Å². The summed E-state index contributed by atoms with van der Waals surface area (Å²) in [6, 6.07) is 22.8. The van der Waals surface area contributed by atoms with Crippen molar-refractivity contribution in [2.45, 2.75) is 20.0 Å². The van der Waals surface area contributed by atoms with Gasteiger partial charge in [-0.05, 0) is 54.3 Å². The molecule has 3 aromatic rings. The van der Waals surface area contributed by atoms with E-state index in [2.05, 4.69) is 0 Å². The van der Waals surface area contributed by atoms with Crippen LogP contribution >= 0.6 is 0 Å². The lowest BCUT2D eigenvalue weighted by atomic mass is 9.63. The van der Waals surface area contributed by atoms with E-state index in [9.17, 15) is 27.6 Å². The molecule has 2 amide bonds. The molecule has 6 rings (SSSR count). The smallest absolute Gasteiger partial charge is 0.298 e. The van der Waals surface area contributed by atoms with Gasteiger partial charge >= 0.3 is 6.18 Å². The molecule has 1 heterocycles. The number of anilines is 1. The van der Waals surface area contributed by atoms with Crippen molar-refractivity contribution in [1.29, 1.82) is 0 Å².